The molecule has 1 saturated heterocycles. The van der Waals surface area contributed by atoms with Crippen LogP contribution in [0, 0.1) is 0 Å². The Morgan fingerprint density at radius 1 is 1.00 bits per heavy atom. The van der Waals surface area contributed by atoms with Gasteiger partial charge in [0.05, 0.1) is 4.91 Å². The Hall–Kier alpha value is -3.23. The minimum atomic E-state index is -0.817. The number of nitrogens with zero attached hydrogens (tertiary/aromatic N) is 1. The molecule has 0 aliphatic carbocycles. The van der Waals surface area contributed by atoms with Crippen molar-refractivity contribution in [2.45, 2.75) is 25.7 Å². The lowest BCUT2D eigenvalue weighted by atomic mass is 9.96. The molecule has 0 bridgehead atoms. The summed E-state index contributed by atoms with van der Waals surface area (Å²) < 4.78 is 0.359. The summed E-state index contributed by atoms with van der Waals surface area (Å²) in [5, 5.41) is 15.7. The molecule has 0 saturated carbocycles. The molecule has 3 aromatic rings. The second-order valence-electron chi connectivity index (χ2n) is 8.05. The fourth-order valence-corrected chi connectivity index (χ4v) is 5.21. The molecule has 1 aliphatic rings. The van der Waals surface area contributed by atoms with Gasteiger partial charge in [-0.25, -0.2) is 0 Å². The van der Waals surface area contributed by atoms with Gasteiger partial charge < -0.3 is 10.4 Å². The van der Waals surface area contributed by atoms with E-state index in [1.54, 1.807) is 0 Å². The number of hydrogen-bond donors (Lipinski definition) is 2. The summed E-state index contributed by atoms with van der Waals surface area (Å²) in [6, 6.07) is 18.3. The van der Waals surface area contributed by atoms with Crippen LogP contribution < -0.4 is 5.32 Å². The molecule has 1 aliphatic heterocycles. The van der Waals surface area contributed by atoms with Crippen molar-refractivity contribution in [2.75, 3.05) is 13.1 Å². The molecule has 0 unspecified atom stereocenters. The predicted molar refractivity (Wildman–Crippen MR) is 140 cm³/mol. The molecule has 1 fully saturated rings. The van der Waals surface area contributed by atoms with E-state index in [2.05, 4.69) is 23.5 Å². The van der Waals surface area contributed by atoms with Crippen molar-refractivity contribution in [2.24, 2.45) is 0 Å². The molecule has 3 aromatic carbocycles. The summed E-state index contributed by atoms with van der Waals surface area (Å²) in [4.78, 5) is 37.8. The third-order valence-corrected chi connectivity index (χ3v) is 7.03. The zero-order valence-electron chi connectivity index (χ0n) is 18.5. The van der Waals surface area contributed by atoms with Crippen LogP contribution >= 0.6 is 24.0 Å². The number of thioether (sulfide) groups is 1. The van der Waals surface area contributed by atoms with Crippen LogP contribution in [0.3, 0.4) is 0 Å². The minimum absolute atomic E-state index is 0.128. The number of amides is 2. The fourth-order valence-electron chi connectivity index (χ4n) is 3.98. The second-order valence-corrected chi connectivity index (χ2v) is 9.73. The van der Waals surface area contributed by atoms with E-state index >= 15 is 0 Å². The first kappa shape index (κ1) is 23.9. The van der Waals surface area contributed by atoms with Crippen LogP contribution in [0.2, 0.25) is 0 Å². The van der Waals surface area contributed by atoms with Crippen molar-refractivity contribution in [3.63, 3.8) is 0 Å². The zero-order chi connectivity index (χ0) is 24.1. The van der Waals surface area contributed by atoms with Crippen LogP contribution in [-0.4, -0.2) is 45.2 Å². The molecule has 0 atom stereocenters. The van der Waals surface area contributed by atoms with Crippen LogP contribution in [-0.2, 0) is 14.4 Å². The molecule has 8 heteroatoms. The van der Waals surface area contributed by atoms with Crippen molar-refractivity contribution < 1.29 is 19.5 Å². The van der Waals surface area contributed by atoms with Crippen molar-refractivity contribution in [3.05, 3.63) is 65.1 Å². The quantitative estimate of drug-likeness (QED) is 0.190. The van der Waals surface area contributed by atoms with E-state index in [1.807, 2.05) is 42.5 Å². The van der Waals surface area contributed by atoms with Gasteiger partial charge in [0.2, 0.25) is 5.91 Å². The van der Waals surface area contributed by atoms with Gasteiger partial charge in [0.15, 0.2) is 0 Å². The maximum atomic E-state index is 13.1. The van der Waals surface area contributed by atoms with Crippen LogP contribution in [0.5, 0.6) is 0 Å². The molecular weight excluding hydrogens is 468 g/mol. The normalized spacial score (nSPS) is 14.9. The highest BCUT2D eigenvalue weighted by Gasteiger charge is 2.33. The van der Waals surface area contributed by atoms with E-state index < -0.39 is 5.97 Å². The number of hydrogen-bond acceptors (Lipinski definition) is 5. The summed E-state index contributed by atoms with van der Waals surface area (Å²) in [5.74, 6) is -1.38. The second kappa shape index (κ2) is 10.8. The number of rotatable bonds is 9. The summed E-state index contributed by atoms with van der Waals surface area (Å²) in [6.07, 6.45) is 3.99. The molecule has 1 heterocycles. The van der Waals surface area contributed by atoms with E-state index in [1.165, 1.54) is 16.7 Å². The third-order valence-electron chi connectivity index (χ3n) is 5.65. The van der Waals surface area contributed by atoms with E-state index in [4.69, 9.17) is 17.3 Å². The molecule has 2 amide bonds. The molecule has 2 N–H and O–H groups in total. The van der Waals surface area contributed by atoms with E-state index in [-0.39, 0.29) is 24.8 Å². The number of carboxylic acids is 1. The van der Waals surface area contributed by atoms with Gasteiger partial charge in [0, 0.05) is 13.0 Å². The van der Waals surface area contributed by atoms with Crippen LogP contribution in [0.4, 0.5) is 0 Å². The summed E-state index contributed by atoms with van der Waals surface area (Å²) in [6.45, 7) is 0.304. The SMILES string of the molecule is O=C(O)CCCCCNC(=O)CN1C(=O)/C(=C/c2c3ccccc3cc3ccccc23)SC1=S. The lowest BCUT2D eigenvalue weighted by molar-refractivity contribution is -0.137. The maximum absolute atomic E-state index is 13.1. The Morgan fingerprint density at radius 2 is 1.65 bits per heavy atom. The van der Waals surface area contributed by atoms with Gasteiger partial charge in [0.25, 0.3) is 5.91 Å². The monoisotopic (exact) mass is 492 g/mol. The number of carbonyl (C=O) groups excluding carboxylic acids is 2. The lowest BCUT2D eigenvalue weighted by Crippen LogP contribution is -2.39. The highest BCUT2D eigenvalue weighted by atomic mass is 32.2. The first-order valence-electron chi connectivity index (χ1n) is 11.1. The third kappa shape index (κ3) is 5.46. The number of unbranched alkanes of at least 4 members (excludes halogenated alkanes) is 2. The number of carboxylic acid groups (broad SMARTS) is 1. The first-order chi connectivity index (χ1) is 16.4. The van der Waals surface area contributed by atoms with Gasteiger partial charge in [-0.15, -0.1) is 0 Å². The molecular formula is C26H24N2O4S2. The average Bonchev–Trinajstić information content (AvgIpc) is 3.08. The number of carbonyl (C=O) groups is 3. The maximum Gasteiger partial charge on any atom is 0.303 e. The number of benzene rings is 3. The Bertz CT molecular complexity index is 1260. The molecule has 34 heavy (non-hydrogen) atoms. The molecule has 4 rings (SSSR count). The lowest BCUT2D eigenvalue weighted by Gasteiger charge is -2.14. The van der Waals surface area contributed by atoms with E-state index in [0.29, 0.717) is 28.6 Å². The molecule has 0 spiro atoms. The van der Waals surface area contributed by atoms with Crippen molar-refractivity contribution in [1.29, 1.82) is 0 Å². The Balaban J connectivity index is 1.48. The number of thiocarbonyl (C=S) groups is 1. The smallest absolute Gasteiger partial charge is 0.303 e. The zero-order valence-corrected chi connectivity index (χ0v) is 20.1. The number of fused-ring (bicyclic) bond motifs is 2. The summed E-state index contributed by atoms with van der Waals surface area (Å²) in [7, 11) is 0. The topological polar surface area (TPSA) is 86.7 Å². The van der Waals surface area contributed by atoms with Gasteiger partial charge >= 0.3 is 5.97 Å². The molecule has 6 nitrogen and oxygen atoms in total. The van der Waals surface area contributed by atoms with Crippen LogP contribution in [0.25, 0.3) is 27.6 Å². The predicted octanol–water partition coefficient (Wildman–Crippen LogP) is 4.96. The van der Waals surface area contributed by atoms with Crippen molar-refractivity contribution in [1.82, 2.24) is 10.2 Å². The number of nitrogens with one attached hydrogen (secondary N) is 1. The number of aliphatic carboxylic acids is 1. The fraction of sp³-hybridized carbons (Fsp3) is 0.231. The highest BCUT2D eigenvalue weighted by molar-refractivity contribution is 8.26. The van der Waals surface area contributed by atoms with Crippen molar-refractivity contribution >= 4 is 73.7 Å². The molecule has 0 aromatic heterocycles. The first-order valence-corrected chi connectivity index (χ1v) is 12.3. The van der Waals surface area contributed by atoms with Crippen LogP contribution in [0.15, 0.2) is 59.5 Å². The minimum Gasteiger partial charge on any atom is -0.481 e. The van der Waals surface area contributed by atoms with Gasteiger partial charge in [-0.05, 0) is 52.1 Å². The van der Waals surface area contributed by atoms with Gasteiger partial charge in [0.1, 0.15) is 10.9 Å². The Morgan fingerprint density at radius 3 is 2.29 bits per heavy atom. The largest absolute Gasteiger partial charge is 0.481 e. The van der Waals surface area contributed by atoms with Gasteiger partial charge in [-0.2, -0.15) is 0 Å². The molecule has 174 valence electrons. The average molecular weight is 493 g/mol. The van der Waals surface area contributed by atoms with Crippen molar-refractivity contribution in [3.8, 4) is 0 Å². The Kier molecular flexibility index (Phi) is 7.59. The summed E-state index contributed by atoms with van der Waals surface area (Å²) in [5.41, 5.74) is 0.958. The standard InChI is InChI=1S/C26H24N2O4S2/c29-23(27-13-7-1-2-12-24(30)31)16-28-25(32)22(34-26(28)33)15-21-19-10-5-3-8-17(19)14-18-9-4-6-11-20(18)21/h3-6,8-11,14-15H,1-2,7,12-13,16H2,(H,27,29)(H,30,31)/b22-15-. The summed E-state index contributed by atoms with van der Waals surface area (Å²) >= 11 is 6.61. The Labute approximate surface area is 207 Å². The highest BCUT2D eigenvalue weighted by Crippen LogP contribution is 2.36. The van der Waals surface area contributed by atoms with Gasteiger partial charge in [-0.3, -0.25) is 19.3 Å². The van der Waals surface area contributed by atoms with Crippen LogP contribution in [0.1, 0.15) is 31.2 Å². The van der Waals surface area contributed by atoms with E-state index in [0.717, 1.165) is 33.5 Å². The molecule has 0 radical (unpaired) electrons. The van der Waals surface area contributed by atoms with E-state index in [9.17, 15) is 14.4 Å². The van der Waals surface area contributed by atoms with Gasteiger partial charge in [-0.1, -0.05) is 78.9 Å².